The Bertz CT molecular complexity index is 494. The lowest BCUT2D eigenvalue weighted by atomic mass is 10.1. The normalized spacial score (nSPS) is 10.7. The minimum Gasteiger partial charge on any atom is -0.342 e. The second-order valence-electron chi connectivity index (χ2n) is 3.68. The number of aryl methyl sites for hydroxylation is 2. The van der Waals surface area contributed by atoms with E-state index in [0.717, 1.165) is 28.2 Å². The van der Waals surface area contributed by atoms with Gasteiger partial charge in [-0.15, -0.1) is 0 Å². The highest BCUT2D eigenvalue weighted by Crippen LogP contribution is 2.25. The van der Waals surface area contributed by atoms with Gasteiger partial charge >= 0.3 is 0 Å². The molecule has 0 atom stereocenters. The van der Waals surface area contributed by atoms with Gasteiger partial charge < -0.3 is 4.98 Å². The number of halogens is 1. The molecule has 0 aliphatic rings. The van der Waals surface area contributed by atoms with Crippen molar-refractivity contribution in [3.05, 3.63) is 40.3 Å². The average Bonchev–Trinajstić information content (AvgIpc) is 2.71. The molecule has 2 rings (SSSR count). The smallest absolute Gasteiger partial charge is 0.107 e. The molecule has 16 heavy (non-hydrogen) atoms. The van der Waals surface area contributed by atoms with Crippen LogP contribution in [0.2, 0.25) is 0 Å². The van der Waals surface area contributed by atoms with Gasteiger partial charge in [0.15, 0.2) is 0 Å². The predicted molar refractivity (Wildman–Crippen MR) is 74.0 cm³/mol. The molecule has 0 fully saturated rings. The van der Waals surface area contributed by atoms with Crippen molar-refractivity contribution in [1.29, 1.82) is 0 Å². The topological polar surface area (TPSA) is 28.7 Å². The first-order valence-corrected chi connectivity index (χ1v) is 6.54. The molecule has 0 unspecified atom stereocenters. The second-order valence-corrected chi connectivity index (χ2v) is 5.04. The highest BCUT2D eigenvalue weighted by atomic mass is 79.9. The molecular weight excluding hydrogens is 284 g/mol. The number of rotatable bonds is 3. The van der Waals surface area contributed by atoms with Crippen LogP contribution in [0.5, 0.6) is 0 Å². The molecule has 0 bridgehead atoms. The van der Waals surface area contributed by atoms with Crippen molar-refractivity contribution in [3.63, 3.8) is 0 Å². The van der Waals surface area contributed by atoms with Crippen LogP contribution in [0, 0.1) is 6.92 Å². The summed E-state index contributed by atoms with van der Waals surface area (Å²) in [5.74, 6) is 1.80. The molecule has 0 aliphatic heterocycles. The quantitative estimate of drug-likeness (QED) is 0.832. The molecule has 2 aromatic rings. The van der Waals surface area contributed by atoms with Gasteiger partial charge in [-0.05, 0) is 30.4 Å². The maximum atomic E-state index is 4.33. The molecule has 1 N–H and O–H groups in total. The number of hydrogen-bond donors (Lipinski definition) is 2. The maximum Gasteiger partial charge on any atom is 0.107 e. The van der Waals surface area contributed by atoms with Crippen LogP contribution in [0.15, 0.2) is 28.9 Å². The van der Waals surface area contributed by atoms with Crippen LogP contribution in [0.3, 0.4) is 0 Å². The largest absolute Gasteiger partial charge is 0.342 e. The predicted octanol–water partition coefficient (Wildman–Crippen LogP) is 3.62. The summed E-state index contributed by atoms with van der Waals surface area (Å²) >= 11 is 7.68. The lowest BCUT2D eigenvalue weighted by molar-refractivity contribution is 1.00. The zero-order valence-corrected chi connectivity index (χ0v) is 11.5. The summed E-state index contributed by atoms with van der Waals surface area (Å²) < 4.78 is 1.08. The zero-order valence-electron chi connectivity index (χ0n) is 9.00. The molecule has 2 nitrogen and oxygen atoms in total. The lowest BCUT2D eigenvalue weighted by Crippen LogP contribution is -1.89. The van der Waals surface area contributed by atoms with Gasteiger partial charge in [0.2, 0.25) is 0 Å². The summed E-state index contributed by atoms with van der Waals surface area (Å²) in [5.41, 5.74) is 3.49. The first kappa shape index (κ1) is 11.7. The first-order valence-electron chi connectivity index (χ1n) is 5.12. The molecule has 1 aromatic carbocycles. The van der Waals surface area contributed by atoms with Crippen LogP contribution in [-0.2, 0) is 6.42 Å². The van der Waals surface area contributed by atoms with E-state index in [2.05, 4.69) is 57.6 Å². The number of thiol groups is 1. The summed E-state index contributed by atoms with van der Waals surface area (Å²) in [7, 11) is 0. The van der Waals surface area contributed by atoms with Crippen molar-refractivity contribution < 1.29 is 0 Å². The van der Waals surface area contributed by atoms with Crippen LogP contribution in [0.25, 0.3) is 11.3 Å². The summed E-state index contributed by atoms with van der Waals surface area (Å²) in [6.45, 7) is 2.10. The monoisotopic (exact) mass is 296 g/mol. The average molecular weight is 297 g/mol. The van der Waals surface area contributed by atoms with Crippen LogP contribution in [0.4, 0.5) is 0 Å². The van der Waals surface area contributed by atoms with E-state index in [1.807, 2.05) is 12.3 Å². The number of imidazole rings is 1. The third-order valence-corrected chi connectivity index (χ3v) is 3.18. The zero-order chi connectivity index (χ0) is 11.5. The van der Waals surface area contributed by atoms with Gasteiger partial charge in [0.05, 0.1) is 11.9 Å². The number of aromatic amines is 1. The van der Waals surface area contributed by atoms with E-state index in [4.69, 9.17) is 0 Å². The van der Waals surface area contributed by atoms with Crippen molar-refractivity contribution in [3.8, 4) is 11.3 Å². The van der Waals surface area contributed by atoms with Crippen LogP contribution in [-0.4, -0.2) is 15.7 Å². The van der Waals surface area contributed by atoms with Gasteiger partial charge in [0.1, 0.15) is 5.82 Å². The minimum absolute atomic E-state index is 0.810. The Morgan fingerprint density at radius 2 is 2.25 bits per heavy atom. The highest BCUT2D eigenvalue weighted by molar-refractivity contribution is 9.10. The summed E-state index contributed by atoms with van der Waals surface area (Å²) in [6.07, 6.45) is 2.75. The fourth-order valence-corrected chi connectivity index (χ4v) is 2.19. The fraction of sp³-hybridized carbons (Fsp3) is 0.250. The molecular formula is C12H13BrN2S. The van der Waals surface area contributed by atoms with Crippen molar-refractivity contribution in [2.75, 3.05) is 5.75 Å². The van der Waals surface area contributed by atoms with E-state index in [-0.39, 0.29) is 0 Å². The third-order valence-electron chi connectivity index (χ3n) is 2.47. The summed E-state index contributed by atoms with van der Waals surface area (Å²) in [4.78, 5) is 7.65. The van der Waals surface area contributed by atoms with Gasteiger partial charge in [-0.2, -0.15) is 12.6 Å². The Kier molecular flexibility index (Phi) is 3.71. The Morgan fingerprint density at radius 1 is 1.44 bits per heavy atom. The number of nitrogens with zero attached hydrogens (tertiary/aromatic N) is 1. The lowest BCUT2D eigenvalue weighted by Gasteiger charge is -2.03. The van der Waals surface area contributed by atoms with E-state index < -0.39 is 0 Å². The first-order chi connectivity index (χ1) is 7.70. The molecule has 0 saturated heterocycles. The van der Waals surface area contributed by atoms with Crippen LogP contribution < -0.4 is 0 Å². The van der Waals surface area contributed by atoms with E-state index in [0.29, 0.717) is 0 Å². The SMILES string of the molecule is Cc1ccc(Br)cc1-c1cnc(CCS)[nH]1. The van der Waals surface area contributed by atoms with Gasteiger partial charge in [-0.1, -0.05) is 22.0 Å². The Balaban J connectivity index is 2.38. The molecule has 0 amide bonds. The van der Waals surface area contributed by atoms with Gasteiger partial charge in [0, 0.05) is 16.5 Å². The Hall–Kier alpha value is -0.740. The highest BCUT2D eigenvalue weighted by Gasteiger charge is 2.06. The third kappa shape index (κ3) is 2.50. The van der Waals surface area contributed by atoms with Gasteiger partial charge in [-0.3, -0.25) is 0 Å². The van der Waals surface area contributed by atoms with Gasteiger partial charge in [0.25, 0.3) is 0 Å². The number of benzene rings is 1. The molecule has 0 spiro atoms. The van der Waals surface area contributed by atoms with Crippen molar-refractivity contribution in [2.45, 2.75) is 13.3 Å². The standard InChI is InChI=1S/C12H13BrN2S/c1-8-2-3-9(13)6-10(8)11-7-14-12(15-11)4-5-16/h2-3,6-7,16H,4-5H2,1H3,(H,14,15). The summed E-state index contributed by atoms with van der Waals surface area (Å²) in [5, 5.41) is 0. The Morgan fingerprint density at radius 3 is 3.00 bits per heavy atom. The fourth-order valence-electron chi connectivity index (χ4n) is 1.62. The van der Waals surface area contributed by atoms with Crippen molar-refractivity contribution >= 4 is 28.6 Å². The van der Waals surface area contributed by atoms with Crippen molar-refractivity contribution in [1.82, 2.24) is 9.97 Å². The molecule has 0 saturated carbocycles. The minimum atomic E-state index is 0.810. The van der Waals surface area contributed by atoms with Gasteiger partial charge in [-0.25, -0.2) is 4.98 Å². The number of hydrogen-bond acceptors (Lipinski definition) is 2. The van der Waals surface area contributed by atoms with E-state index in [1.165, 1.54) is 11.1 Å². The van der Waals surface area contributed by atoms with Crippen LogP contribution in [0.1, 0.15) is 11.4 Å². The van der Waals surface area contributed by atoms with E-state index in [9.17, 15) is 0 Å². The number of H-pyrrole nitrogens is 1. The molecule has 4 heteroatoms. The van der Waals surface area contributed by atoms with Crippen LogP contribution >= 0.6 is 28.6 Å². The summed E-state index contributed by atoms with van der Waals surface area (Å²) in [6, 6.07) is 6.25. The molecule has 84 valence electrons. The number of nitrogens with one attached hydrogen (secondary N) is 1. The molecule has 1 heterocycles. The van der Waals surface area contributed by atoms with E-state index >= 15 is 0 Å². The van der Waals surface area contributed by atoms with E-state index in [1.54, 1.807) is 0 Å². The maximum absolute atomic E-state index is 4.33. The number of aromatic nitrogens is 2. The molecule has 0 radical (unpaired) electrons. The second kappa shape index (κ2) is 5.06. The Labute approximate surface area is 109 Å². The molecule has 0 aliphatic carbocycles. The molecule has 1 aromatic heterocycles. The van der Waals surface area contributed by atoms with Crippen molar-refractivity contribution in [2.24, 2.45) is 0 Å².